The molecule has 4 amide bonds. The molecule has 0 unspecified atom stereocenters. The lowest BCUT2D eigenvalue weighted by Gasteiger charge is -2.24. The molecule has 208 valence electrons. The van der Waals surface area contributed by atoms with Gasteiger partial charge in [0.05, 0.1) is 6.61 Å². The van der Waals surface area contributed by atoms with Crippen LogP contribution in [-0.2, 0) is 35.3 Å². The molecule has 4 N–H and O–H groups in total. The third-order valence-electron chi connectivity index (χ3n) is 5.74. The van der Waals surface area contributed by atoms with Gasteiger partial charge in [-0.2, -0.15) is 0 Å². The minimum atomic E-state index is -0.888. The highest BCUT2D eigenvalue weighted by Gasteiger charge is 2.29. The number of hydrogen-bond acceptors (Lipinski definition) is 7. The van der Waals surface area contributed by atoms with Gasteiger partial charge in [0, 0.05) is 24.6 Å². The van der Waals surface area contributed by atoms with Crippen LogP contribution in [0.2, 0.25) is 0 Å². The second-order valence-corrected chi connectivity index (χ2v) is 9.40. The minimum absolute atomic E-state index is 0.0619. The van der Waals surface area contributed by atoms with E-state index in [-0.39, 0.29) is 37.5 Å². The zero-order chi connectivity index (χ0) is 27.9. The van der Waals surface area contributed by atoms with Gasteiger partial charge in [0.15, 0.2) is 0 Å². The van der Waals surface area contributed by atoms with Crippen LogP contribution in [0.4, 0.5) is 4.79 Å². The maximum Gasteiger partial charge on any atom is 0.407 e. The maximum absolute atomic E-state index is 13.2. The van der Waals surface area contributed by atoms with Crippen LogP contribution in [0.15, 0.2) is 42.5 Å². The van der Waals surface area contributed by atoms with Gasteiger partial charge in [-0.3, -0.25) is 14.4 Å². The molecule has 11 heteroatoms. The van der Waals surface area contributed by atoms with Crippen LogP contribution < -0.4 is 21.3 Å². The van der Waals surface area contributed by atoms with E-state index in [4.69, 9.17) is 9.47 Å². The number of alkyl carbamates (subject to hydrolysis) is 1. The van der Waals surface area contributed by atoms with Crippen molar-refractivity contribution in [2.24, 2.45) is 11.8 Å². The number of carbonyl (C=O) groups excluding carboxylic acids is 5. The number of amides is 4. The zero-order valence-electron chi connectivity index (χ0n) is 22.2. The number of ether oxygens (including phenoxy) is 2. The Bertz CT molecular complexity index is 981. The lowest BCUT2D eigenvalue weighted by atomic mass is 9.97. The average Bonchev–Trinajstić information content (AvgIpc) is 3.28. The van der Waals surface area contributed by atoms with E-state index in [1.54, 1.807) is 6.92 Å². The van der Waals surface area contributed by atoms with Crippen LogP contribution in [0.3, 0.4) is 0 Å². The van der Waals surface area contributed by atoms with E-state index >= 15 is 0 Å². The van der Waals surface area contributed by atoms with E-state index in [0.717, 1.165) is 5.56 Å². The molecule has 1 aliphatic rings. The predicted octanol–water partition coefficient (Wildman–Crippen LogP) is 1.57. The molecule has 1 heterocycles. The van der Waals surface area contributed by atoms with Crippen molar-refractivity contribution in [2.75, 3.05) is 19.7 Å². The molecule has 3 atom stereocenters. The standard InChI is InChI=1S/C27H38N4O7/c1-4-37-24(33)11-10-21(15-20-12-13-28-25(20)34)30-26(35)22(14-18(2)3)31-23(32)16-29-27(36)38-17-19-8-6-5-7-9-19/h5-11,18,20-22H,4,12-17H2,1-3H3,(H,28,34)(H,29,36)(H,30,35)(H,31,32)/b11-10+/t20-,21+,22-/m0/s1. The number of benzene rings is 1. The van der Waals surface area contributed by atoms with Gasteiger partial charge in [-0.15, -0.1) is 0 Å². The molecule has 0 bridgehead atoms. The summed E-state index contributed by atoms with van der Waals surface area (Å²) in [5.74, 6) is -1.92. The van der Waals surface area contributed by atoms with Gasteiger partial charge in [0.1, 0.15) is 19.2 Å². The second-order valence-electron chi connectivity index (χ2n) is 9.40. The summed E-state index contributed by atoms with van der Waals surface area (Å²) < 4.78 is 10.0. The summed E-state index contributed by atoms with van der Waals surface area (Å²) in [6.07, 6.45) is 3.23. The first-order valence-corrected chi connectivity index (χ1v) is 12.8. The third kappa shape index (κ3) is 11.4. The van der Waals surface area contributed by atoms with E-state index in [9.17, 15) is 24.0 Å². The lowest BCUT2D eigenvalue weighted by molar-refractivity contribution is -0.137. The van der Waals surface area contributed by atoms with Crippen LogP contribution >= 0.6 is 0 Å². The van der Waals surface area contributed by atoms with Crippen molar-refractivity contribution in [3.05, 3.63) is 48.0 Å². The Morgan fingerprint density at radius 1 is 1.11 bits per heavy atom. The smallest absolute Gasteiger partial charge is 0.407 e. The quantitative estimate of drug-likeness (QED) is 0.210. The highest BCUT2D eigenvalue weighted by molar-refractivity contribution is 5.90. The van der Waals surface area contributed by atoms with E-state index in [2.05, 4.69) is 21.3 Å². The second kappa shape index (κ2) is 16.1. The highest BCUT2D eigenvalue weighted by atomic mass is 16.5. The Balaban J connectivity index is 1.95. The number of nitrogens with one attached hydrogen (secondary N) is 4. The average molecular weight is 531 g/mol. The summed E-state index contributed by atoms with van der Waals surface area (Å²) in [4.78, 5) is 61.5. The predicted molar refractivity (Wildman–Crippen MR) is 139 cm³/mol. The minimum Gasteiger partial charge on any atom is -0.463 e. The molecule has 0 aliphatic carbocycles. The summed E-state index contributed by atoms with van der Waals surface area (Å²) in [7, 11) is 0. The van der Waals surface area contributed by atoms with Crippen molar-refractivity contribution in [3.63, 3.8) is 0 Å². The highest BCUT2D eigenvalue weighted by Crippen LogP contribution is 2.17. The number of esters is 1. The number of hydrogen-bond donors (Lipinski definition) is 4. The molecule has 1 aliphatic heterocycles. The van der Waals surface area contributed by atoms with Crippen LogP contribution in [0.5, 0.6) is 0 Å². The molecule has 38 heavy (non-hydrogen) atoms. The van der Waals surface area contributed by atoms with Crippen LogP contribution in [0.1, 0.15) is 45.6 Å². The normalized spacial score (nSPS) is 16.4. The fraction of sp³-hybridized carbons (Fsp3) is 0.519. The first kappa shape index (κ1) is 30.3. The number of carbonyl (C=O) groups is 5. The molecule has 0 saturated carbocycles. The molecule has 0 spiro atoms. The van der Waals surface area contributed by atoms with Gasteiger partial charge in [-0.1, -0.05) is 50.3 Å². The Hall–Kier alpha value is -3.89. The van der Waals surface area contributed by atoms with Crippen LogP contribution in [0, 0.1) is 11.8 Å². The van der Waals surface area contributed by atoms with Crippen LogP contribution in [-0.4, -0.2) is 61.6 Å². The fourth-order valence-electron chi connectivity index (χ4n) is 3.91. The number of rotatable bonds is 14. The summed E-state index contributed by atoms with van der Waals surface area (Å²) in [5.41, 5.74) is 0.808. The summed E-state index contributed by atoms with van der Waals surface area (Å²) >= 11 is 0. The molecule has 2 rings (SSSR count). The van der Waals surface area contributed by atoms with Crippen molar-refractivity contribution in [1.82, 2.24) is 21.3 Å². The zero-order valence-corrected chi connectivity index (χ0v) is 22.2. The topological polar surface area (TPSA) is 152 Å². The monoisotopic (exact) mass is 530 g/mol. The Kier molecular flexibility index (Phi) is 12.8. The van der Waals surface area contributed by atoms with Gasteiger partial charge < -0.3 is 30.7 Å². The van der Waals surface area contributed by atoms with Crippen molar-refractivity contribution in [2.45, 2.75) is 58.7 Å². The van der Waals surface area contributed by atoms with Gasteiger partial charge in [-0.25, -0.2) is 9.59 Å². The van der Waals surface area contributed by atoms with E-state index in [1.165, 1.54) is 12.2 Å². The molecular weight excluding hydrogens is 492 g/mol. The molecule has 1 fully saturated rings. The first-order chi connectivity index (χ1) is 18.2. The van der Waals surface area contributed by atoms with Crippen molar-refractivity contribution < 1.29 is 33.4 Å². The van der Waals surface area contributed by atoms with E-state index in [0.29, 0.717) is 25.8 Å². The third-order valence-corrected chi connectivity index (χ3v) is 5.74. The summed E-state index contributed by atoms with van der Waals surface area (Å²) in [6, 6.07) is 7.60. The Morgan fingerprint density at radius 2 is 1.84 bits per heavy atom. The van der Waals surface area contributed by atoms with E-state index < -0.39 is 36.0 Å². The van der Waals surface area contributed by atoms with Crippen molar-refractivity contribution in [1.29, 1.82) is 0 Å². The molecule has 11 nitrogen and oxygen atoms in total. The van der Waals surface area contributed by atoms with Gasteiger partial charge >= 0.3 is 12.1 Å². The SMILES string of the molecule is CCOC(=O)/C=C/[C@H](C[C@@H]1CCNC1=O)NC(=O)[C@H](CC(C)C)NC(=O)CNC(=O)OCc1ccccc1. The summed E-state index contributed by atoms with van der Waals surface area (Å²) in [5, 5.41) is 10.6. The molecule has 1 aromatic carbocycles. The first-order valence-electron chi connectivity index (χ1n) is 12.8. The molecular formula is C27H38N4O7. The molecule has 1 saturated heterocycles. The van der Waals surface area contributed by atoms with Crippen LogP contribution in [0.25, 0.3) is 0 Å². The Labute approximate surface area is 223 Å². The summed E-state index contributed by atoms with van der Waals surface area (Å²) in [6.45, 7) is 5.96. The molecule has 0 aromatic heterocycles. The largest absolute Gasteiger partial charge is 0.463 e. The van der Waals surface area contributed by atoms with E-state index in [1.807, 2.05) is 44.2 Å². The molecule has 1 aromatic rings. The fourth-order valence-corrected chi connectivity index (χ4v) is 3.91. The van der Waals surface area contributed by atoms with Crippen molar-refractivity contribution >= 4 is 29.8 Å². The van der Waals surface area contributed by atoms with Gasteiger partial charge in [0.25, 0.3) is 0 Å². The maximum atomic E-state index is 13.2. The Morgan fingerprint density at radius 3 is 2.47 bits per heavy atom. The van der Waals surface area contributed by atoms with Crippen molar-refractivity contribution in [3.8, 4) is 0 Å². The molecule has 0 radical (unpaired) electrons. The lowest BCUT2D eigenvalue weighted by Crippen LogP contribution is -2.52. The van der Waals surface area contributed by atoms with Gasteiger partial charge in [-0.05, 0) is 37.7 Å². The van der Waals surface area contributed by atoms with Gasteiger partial charge in [0.2, 0.25) is 17.7 Å².